The summed E-state index contributed by atoms with van der Waals surface area (Å²) in [5.41, 5.74) is 3.42. The van der Waals surface area contributed by atoms with Gasteiger partial charge in [0, 0.05) is 44.3 Å². The number of para-hydroxylation sites is 1. The number of carbonyl (C=O) groups excluding carboxylic acids is 1. The van der Waals surface area contributed by atoms with E-state index in [9.17, 15) is 4.79 Å². The number of amides is 1. The Bertz CT molecular complexity index is 1030. The summed E-state index contributed by atoms with van der Waals surface area (Å²) in [6.45, 7) is 3.92. The number of fused-ring (bicyclic) bond motifs is 2. The van der Waals surface area contributed by atoms with Crippen LogP contribution in [0.15, 0.2) is 36.5 Å². The topological polar surface area (TPSA) is 74.2 Å². The SMILES string of the molecule is CCCN1Cc2c(NCc3cnc4ccccc4c3)nc(N(C)C)nc2C1=O. The van der Waals surface area contributed by atoms with Gasteiger partial charge in [0.15, 0.2) is 0 Å². The number of pyridine rings is 1. The van der Waals surface area contributed by atoms with E-state index in [0.29, 0.717) is 30.5 Å². The van der Waals surface area contributed by atoms with E-state index < -0.39 is 0 Å². The van der Waals surface area contributed by atoms with Crippen molar-refractivity contribution in [3.8, 4) is 0 Å². The van der Waals surface area contributed by atoms with Crippen molar-refractivity contribution in [1.29, 1.82) is 0 Å². The van der Waals surface area contributed by atoms with Crippen LogP contribution in [0.1, 0.15) is 35.0 Å². The third-order valence-electron chi connectivity index (χ3n) is 4.83. The summed E-state index contributed by atoms with van der Waals surface area (Å²) in [4.78, 5) is 30.0. The second-order valence-electron chi connectivity index (χ2n) is 7.21. The van der Waals surface area contributed by atoms with E-state index in [4.69, 9.17) is 0 Å². The van der Waals surface area contributed by atoms with Crippen molar-refractivity contribution in [3.63, 3.8) is 0 Å². The zero-order chi connectivity index (χ0) is 19.7. The molecule has 0 saturated carbocycles. The highest BCUT2D eigenvalue weighted by atomic mass is 16.2. The first-order chi connectivity index (χ1) is 13.6. The third kappa shape index (κ3) is 3.35. The minimum absolute atomic E-state index is 0.0160. The maximum absolute atomic E-state index is 12.7. The molecule has 3 heterocycles. The second kappa shape index (κ2) is 7.42. The van der Waals surface area contributed by atoms with E-state index in [2.05, 4.69) is 39.3 Å². The van der Waals surface area contributed by atoms with E-state index in [0.717, 1.165) is 35.0 Å². The highest BCUT2D eigenvalue weighted by molar-refractivity contribution is 5.98. The molecule has 1 N–H and O–H groups in total. The molecule has 3 aromatic rings. The molecule has 0 atom stereocenters. The van der Waals surface area contributed by atoms with Gasteiger partial charge in [-0.05, 0) is 24.1 Å². The lowest BCUT2D eigenvalue weighted by Gasteiger charge is -2.15. The van der Waals surface area contributed by atoms with Crippen LogP contribution in [0.5, 0.6) is 0 Å². The Kier molecular flexibility index (Phi) is 4.81. The van der Waals surface area contributed by atoms with Crippen LogP contribution in [-0.2, 0) is 13.1 Å². The number of nitrogens with one attached hydrogen (secondary N) is 1. The molecule has 2 aromatic heterocycles. The van der Waals surface area contributed by atoms with E-state index in [-0.39, 0.29) is 5.91 Å². The van der Waals surface area contributed by atoms with Crippen LogP contribution in [-0.4, -0.2) is 46.4 Å². The fraction of sp³-hybridized carbons (Fsp3) is 0.333. The third-order valence-corrected chi connectivity index (χ3v) is 4.83. The maximum Gasteiger partial charge on any atom is 0.273 e. The molecule has 144 valence electrons. The number of rotatable bonds is 6. The number of carbonyl (C=O) groups is 1. The minimum atomic E-state index is -0.0160. The monoisotopic (exact) mass is 376 g/mol. The van der Waals surface area contributed by atoms with Crippen molar-refractivity contribution in [2.45, 2.75) is 26.4 Å². The second-order valence-corrected chi connectivity index (χ2v) is 7.21. The number of hydrogen-bond donors (Lipinski definition) is 1. The molecule has 7 heteroatoms. The van der Waals surface area contributed by atoms with Crippen LogP contribution in [0.25, 0.3) is 10.9 Å². The lowest BCUT2D eigenvalue weighted by atomic mass is 10.1. The van der Waals surface area contributed by atoms with Crippen molar-refractivity contribution in [2.75, 3.05) is 30.9 Å². The smallest absolute Gasteiger partial charge is 0.273 e. The number of hydrogen-bond acceptors (Lipinski definition) is 6. The Morgan fingerprint density at radius 2 is 2.04 bits per heavy atom. The van der Waals surface area contributed by atoms with Crippen molar-refractivity contribution < 1.29 is 4.79 Å². The van der Waals surface area contributed by atoms with Gasteiger partial charge in [-0.3, -0.25) is 9.78 Å². The van der Waals surface area contributed by atoms with Crippen LogP contribution in [0.4, 0.5) is 11.8 Å². The van der Waals surface area contributed by atoms with E-state index in [1.54, 1.807) is 0 Å². The molecule has 7 nitrogen and oxygen atoms in total. The van der Waals surface area contributed by atoms with Crippen molar-refractivity contribution in [2.24, 2.45) is 0 Å². The summed E-state index contributed by atoms with van der Waals surface area (Å²) in [6.07, 6.45) is 2.79. The van der Waals surface area contributed by atoms with Gasteiger partial charge in [0.2, 0.25) is 5.95 Å². The molecular formula is C21H24N6O. The predicted molar refractivity (Wildman–Crippen MR) is 110 cm³/mol. The average molecular weight is 376 g/mol. The molecule has 28 heavy (non-hydrogen) atoms. The van der Waals surface area contributed by atoms with Crippen LogP contribution in [0.3, 0.4) is 0 Å². The zero-order valence-corrected chi connectivity index (χ0v) is 16.4. The number of aromatic nitrogens is 3. The molecule has 0 spiro atoms. The molecule has 0 saturated heterocycles. The van der Waals surface area contributed by atoms with Gasteiger partial charge in [-0.25, -0.2) is 4.98 Å². The fourth-order valence-electron chi connectivity index (χ4n) is 3.41. The molecule has 1 aliphatic rings. The summed E-state index contributed by atoms with van der Waals surface area (Å²) in [6, 6.07) is 10.2. The molecule has 4 rings (SSSR count). The van der Waals surface area contributed by atoms with Crippen LogP contribution in [0.2, 0.25) is 0 Å². The zero-order valence-electron chi connectivity index (χ0n) is 16.4. The number of nitrogens with zero attached hydrogens (tertiary/aromatic N) is 5. The van der Waals surface area contributed by atoms with Crippen LogP contribution < -0.4 is 10.2 Å². The molecule has 1 aliphatic heterocycles. The predicted octanol–water partition coefficient (Wildman–Crippen LogP) is 3.07. The highest BCUT2D eigenvalue weighted by Gasteiger charge is 2.32. The summed E-state index contributed by atoms with van der Waals surface area (Å²) < 4.78 is 0. The Balaban J connectivity index is 1.63. The van der Waals surface area contributed by atoms with E-state index >= 15 is 0 Å². The molecule has 0 aliphatic carbocycles. The van der Waals surface area contributed by atoms with E-state index in [1.165, 1.54) is 0 Å². The van der Waals surface area contributed by atoms with Gasteiger partial charge in [-0.1, -0.05) is 25.1 Å². The van der Waals surface area contributed by atoms with Crippen LogP contribution in [0, 0.1) is 0 Å². The number of benzene rings is 1. The maximum atomic E-state index is 12.7. The first-order valence-electron chi connectivity index (χ1n) is 9.52. The molecule has 1 aromatic carbocycles. The van der Waals surface area contributed by atoms with Crippen LogP contribution >= 0.6 is 0 Å². The Morgan fingerprint density at radius 1 is 1.21 bits per heavy atom. The summed E-state index contributed by atoms with van der Waals surface area (Å²) in [5.74, 6) is 1.23. The van der Waals surface area contributed by atoms with Gasteiger partial charge >= 0.3 is 0 Å². The summed E-state index contributed by atoms with van der Waals surface area (Å²) >= 11 is 0. The Hall–Kier alpha value is -3.22. The molecule has 0 fully saturated rings. The lowest BCUT2D eigenvalue weighted by molar-refractivity contribution is 0.0774. The molecule has 0 bridgehead atoms. The average Bonchev–Trinajstić information content (AvgIpc) is 3.02. The van der Waals surface area contributed by atoms with Gasteiger partial charge in [0.25, 0.3) is 5.91 Å². The quantitative estimate of drug-likeness (QED) is 0.713. The molecule has 0 radical (unpaired) electrons. The first-order valence-corrected chi connectivity index (χ1v) is 9.52. The minimum Gasteiger partial charge on any atom is -0.365 e. The Morgan fingerprint density at radius 3 is 2.82 bits per heavy atom. The Labute approximate surface area is 164 Å². The largest absolute Gasteiger partial charge is 0.365 e. The highest BCUT2D eigenvalue weighted by Crippen LogP contribution is 2.29. The standard InChI is InChI=1S/C21H24N6O/c1-4-9-27-13-16-18(20(27)28)24-21(26(2)3)25-19(16)23-12-14-10-15-7-5-6-8-17(15)22-11-14/h5-8,10-11H,4,9,12-13H2,1-3H3,(H,23,24,25). The summed E-state index contributed by atoms with van der Waals surface area (Å²) in [5, 5.41) is 4.51. The summed E-state index contributed by atoms with van der Waals surface area (Å²) in [7, 11) is 3.75. The van der Waals surface area contributed by atoms with Gasteiger partial charge in [-0.15, -0.1) is 0 Å². The van der Waals surface area contributed by atoms with Crippen molar-refractivity contribution in [3.05, 3.63) is 53.3 Å². The van der Waals surface area contributed by atoms with Gasteiger partial charge in [0.05, 0.1) is 12.1 Å². The fourth-order valence-corrected chi connectivity index (χ4v) is 3.41. The normalized spacial score (nSPS) is 13.1. The van der Waals surface area contributed by atoms with Crippen molar-refractivity contribution in [1.82, 2.24) is 19.9 Å². The van der Waals surface area contributed by atoms with Crippen molar-refractivity contribution >= 4 is 28.6 Å². The molecular weight excluding hydrogens is 352 g/mol. The first kappa shape index (κ1) is 18.2. The van der Waals surface area contributed by atoms with E-state index in [1.807, 2.05) is 48.3 Å². The van der Waals surface area contributed by atoms with Gasteiger partial charge < -0.3 is 15.1 Å². The molecule has 1 amide bonds. The number of anilines is 2. The van der Waals surface area contributed by atoms with Gasteiger partial charge in [-0.2, -0.15) is 4.98 Å². The molecule has 0 unspecified atom stereocenters. The lowest BCUT2D eigenvalue weighted by Crippen LogP contribution is -2.25. The van der Waals surface area contributed by atoms with Gasteiger partial charge in [0.1, 0.15) is 11.5 Å².